The molecule has 2 aromatic rings. The molecule has 2 aliphatic heterocycles. The SMILES string of the molecule is O=C(NCCC(=O)N1CCN(c2ccccc2)CC1)C1CCCN(C(=O)c2ccc(Cl)cc2)C1. The van der Waals surface area contributed by atoms with Crippen molar-refractivity contribution in [3.8, 4) is 0 Å². The summed E-state index contributed by atoms with van der Waals surface area (Å²) in [4.78, 5) is 44.0. The third-order valence-electron chi connectivity index (χ3n) is 6.56. The molecular weight excluding hydrogens is 452 g/mol. The summed E-state index contributed by atoms with van der Waals surface area (Å²) >= 11 is 5.91. The number of amides is 3. The maximum atomic E-state index is 12.8. The van der Waals surface area contributed by atoms with Crippen LogP contribution in [0.1, 0.15) is 29.6 Å². The fourth-order valence-corrected chi connectivity index (χ4v) is 4.72. The van der Waals surface area contributed by atoms with Gasteiger partial charge in [0.05, 0.1) is 5.92 Å². The van der Waals surface area contributed by atoms with E-state index in [-0.39, 0.29) is 30.1 Å². The topological polar surface area (TPSA) is 73.0 Å². The highest BCUT2D eigenvalue weighted by atomic mass is 35.5. The van der Waals surface area contributed by atoms with Crippen molar-refractivity contribution < 1.29 is 14.4 Å². The summed E-state index contributed by atoms with van der Waals surface area (Å²) in [7, 11) is 0. The molecule has 1 atom stereocenters. The molecule has 2 aliphatic rings. The second kappa shape index (κ2) is 11.4. The lowest BCUT2D eigenvalue weighted by Gasteiger charge is -2.36. The van der Waals surface area contributed by atoms with Gasteiger partial charge in [0.1, 0.15) is 0 Å². The zero-order valence-corrected chi connectivity index (χ0v) is 20.0. The summed E-state index contributed by atoms with van der Waals surface area (Å²) in [6, 6.07) is 17.0. The van der Waals surface area contributed by atoms with E-state index in [4.69, 9.17) is 11.6 Å². The number of nitrogens with one attached hydrogen (secondary N) is 1. The number of para-hydroxylation sites is 1. The van der Waals surface area contributed by atoms with E-state index in [9.17, 15) is 14.4 Å². The summed E-state index contributed by atoms with van der Waals surface area (Å²) < 4.78 is 0. The second-order valence-corrected chi connectivity index (χ2v) is 9.28. The number of likely N-dealkylation sites (tertiary alicyclic amines) is 1. The highest BCUT2D eigenvalue weighted by Gasteiger charge is 2.29. The minimum absolute atomic E-state index is 0.0659. The van der Waals surface area contributed by atoms with Crippen LogP contribution in [-0.4, -0.2) is 73.3 Å². The number of carbonyl (C=O) groups is 3. The van der Waals surface area contributed by atoms with Crippen LogP contribution in [0.4, 0.5) is 5.69 Å². The van der Waals surface area contributed by atoms with Crippen molar-refractivity contribution in [2.45, 2.75) is 19.3 Å². The molecule has 2 aromatic carbocycles. The largest absolute Gasteiger partial charge is 0.368 e. The molecule has 1 N–H and O–H groups in total. The molecular formula is C26H31ClN4O3. The van der Waals surface area contributed by atoms with Gasteiger partial charge in [-0.25, -0.2) is 0 Å². The summed E-state index contributed by atoms with van der Waals surface area (Å²) in [6.07, 6.45) is 1.81. The van der Waals surface area contributed by atoms with Crippen LogP contribution in [0, 0.1) is 5.92 Å². The van der Waals surface area contributed by atoms with E-state index in [0.29, 0.717) is 43.3 Å². The van der Waals surface area contributed by atoms with Crippen molar-refractivity contribution in [1.29, 1.82) is 0 Å². The Kier molecular flexibility index (Phi) is 8.06. The van der Waals surface area contributed by atoms with E-state index in [0.717, 1.165) is 25.9 Å². The normalized spacial score (nSPS) is 18.5. The first-order chi connectivity index (χ1) is 16.5. The minimum Gasteiger partial charge on any atom is -0.368 e. The Morgan fingerprint density at radius 3 is 2.29 bits per heavy atom. The third-order valence-corrected chi connectivity index (χ3v) is 6.81. The monoisotopic (exact) mass is 482 g/mol. The molecule has 34 heavy (non-hydrogen) atoms. The van der Waals surface area contributed by atoms with E-state index in [1.807, 2.05) is 23.1 Å². The maximum Gasteiger partial charge on any atom is 0.253 e. The summed E-state index contributed by atoms with van der Waals surface area (Å²) in [5.74, 6) is -0.361. The minimum atomic E-state index is -0.255. The standard InChI is InChI=1S/C26H31ClN4O3/c27-22-10-8-20(9-11-22)26(34)31-14-4-5-21(19-31)25(33)28-13-12-24(32)30-17-15-29(16-18-30)23-6-2-1-3-7-23/h1-3,6-11,21H,4-5,12-19H2,(H,28,33). The Morgan fingerprint density at radius 1 is 0.882 bits per heavy atom. The number of rotatable bonds is 6. The molecule has 0 bridgehead atoms. The van der Waals surface area contributed by atoms with Gasteiger partial charge < -0.3 is 20.0 Å². The Morgan fingerprint density at radius 2 is 1.59 bits per heavy atom. The van der Waals surface area contributed by atoms with Crippen molar-refractivity contribution in [1.82, 2.24) is 15.1 Å². The molecule has 8 heteroatoms. The van der Waals surface area contributed by atoms with Crippen LogP contribution < -0.4 is 10.2 Å². The van der Waals surface area contributed by atoms with Crippen LogP contribution in [0.15, 0.2) is 54.6 Å². The molecule has 0 radical (unpaired) electrons. The molecule has 0 saturated carbocycles. The molecule has 3 amide bonds. The van der Waals surface area contributed by atoms with Crippen LogP contribution in [0.25, 0.3) is 0 Å². The van der Waals surface area contributed by atoms with E-state index in [1.165, 1.54) is 5.69 Å². The molecule has 180 valence electrons. The van der Waals surface area contributed by atoms with E-state index >= 15 is 0 Å². The Labute approximate surface area is 205 Å². The van der Waals surface area contributed by atoms with E-state index in [1.54, 1.807) is 29.2 Å². The van der Waals surface area contributed by atoms with Crippen molar-refractivity contribution in [3.63, 3.8) is 0 Å². The average Bonchev–Trinajstić information content (AvgIpc) is 2.89. The fourth-order valence-electron chi connectivity index (χ4n) is 4.60. The molecule has 7 nitrogen and oxygen atoms in total. The van der Waals surface area contributed by atoms with Crippen molar-refractivity contribution in [2.75, 3.05) is 50.7 Å². The fraction of sp³-hybridized carbons (Fsp3) is 0.423. The number of benzene rings is 2. The van der Waals surface area contributed by atoms with Gasteiger partial charge >= 0.3 is 0 Å². The number of piperidine rings is 1. The van der Waals surface area contributed by atoms with Crippen LogP contribution >= 0.6 is 11.6 Å². The summed E-state index contributed by atoms with van der Waals surface area (Å²) in [5.41, 5.74) is 1.75. The Hall–Kier alpha value is -3.06. The number of carbonyl (C=O) groups excluding carboxylic acids is 3. The lowest BCUT2D eigenvalue weighted by molar-refractivity contribution is -0.131. The summed E-state index contributed by atoms with van der Waals surface area (Å²) in [6.45, 7) is 4.33. The number of piperazine rings is 1. The number of hydrogen-bond donors (Lipinski definition) is 1. The number of anilines is 1. The highest BCUT2D eigenvalue weighted by molar-refractivity contribution is 6.30. The van der Waals surface area contributed by atoms with Gasteiger partial charge in [0, 0.05) is 68.5 Å². The van der Waals surface area contributed by atoms with Crippen molar-refractivity contribution in [2.24, 2.45) is 5.92 Å². The van der Waals surface area contributed by atoms with Gasteiger partial charge in [0.2, 0.25) is 11.8 Å². The van der Waals surface area contributed by atoms with Crippen LogP contribution in [0.3, 0.4) is 0 Å². The van der Waals surface area contributed by atoms with Gasteiger partial charge in [-0.1, -0.05) is 29.8 Å². The lowest BCUT2D eigenvalue weighted by Crippen LogP contribution is -2.49. The molecule has 0 aliphatic carbocycles. The molecule has 2 saturated heterocycles. The van der Waals surface area contributed by atoms with Gasteiger partial charge in [-0.3, -0.25) is 14.4 Å². The Bertz CT molecular complexity index is 991. The predicted octanol–water partition coefficient (Wildman–Crippen LogP) is 3.05. The molecule has 1 unspecified atom stereocenters. The van der Waals surface area contributed by atoms with Gasteiger partial charge in [0.25, 0.3) is 5.91 Å². The number of nitrogens with zero attached hydrogens (tertiary/aromatic N) is 3. The van der Waals surface area contributed by atoms with Gasteiger partial charge in [-0.15, -0.1) is 0 Å². The van der Waals surface area contributed by atoms with Crippen molar-refractivity contribution in [3.05, 3.63) is 65.2 Å². The number of hydrogen-bond acceptors (Lipinski definition) is 4. The number of halogens is 1. The highest BCUT2D eigenvalue weighted by Crippen LogP contribution is 2.20. The van der Waals surface area contributed by atoms with Gasteiger partial charge in [0.15, 0.2) is 0 Å². The van der Waals surface area contributed by atoms with Gasteiger partial charge in [-0.05, 0) is 49.2 Å². The van der Waals surface area contributed by atoms with Gasteiger partial charge in [-0.2, -0.15) is 0 Å². The third kappa shape index (κ3) is 6.08. The molecule has 0 spiro atoms. The lowest BCUT2D eigenvalue weighted by atomic mass is 9.96. The van der Waals surface area contributed by atoms with E-state index in [2.05, 4.69) is 22.3 Å². The predicted molar refractivity (Wildman–Crippen MR) is 133 cm³/mol. The first-order valence-corrected chi connectivity index (χ1v) is 12.3. The molecule has 2 fully saturated rings. The smallest absolute Gasteiger partial charge is 0.253 e. The second-order valence-electron chi connectivity index (χ2n) is 8.84. The molecule has 2 heterocycles. The zero-order chi connectivity index (χ0) is 23.9. The first kappa shape index (κ1) is 24.1. The summed E-state index contributed by atoms with van der Waals surface area (Å²) in [5, 5.41) is 3.49. The molecule has 0 aromatic heterocycles. The molecule has 4 rings (SSSR count). The average molecular weight is 483 g/mol. The first-order valence-electron chi connectivity index (χ1n) is 11.9. The van der Waals surface area contributed by atoms with Crippen LogP contribution in [0.2, 0.25) is 5.02 Å². The van der Waals surface area contributed by atoms with Crippen molar-refractivity contribution >= 4 is 35.0 Å². The van der Waals surface area contributed by atoms with E-state index < -0.39 is 0 Å². The Balaban J connectivity index is 1.19. The van der Waals surface area contributed by atoms with Crippen LogP contribution in [0.5, 0.6) is 0 Å². The quantitative estimate of drug-likeness (QED) is 0.686. The zero-order valence-electron chi connectivity index (χ0n) is 19.3. The maximum absolute atomic E-state index is 12.8. The van der Waals surface area contributed by atoms with Crippen LogP contribution in [-0.2, 0) is 9.59 Å².